The van der Waals surface area contributed by atoms with Gasteiger partial charge in [0.25, 0.3) is 0 Å². The lowest BCUT2D eigenvalue weighted by atomic mass is 10.0. The van der Waals surface area contributed by atoms with Crippen molar-refractivity contribution in [3.8, 4) is 5.75 Å². The quantitative estimate of drug-likeness (QED) is 0.727. The maximum Gasteiger partial charge on any atom is 0.233 e. The van der Waals surface area contributed by atoms with Crippen molar-refractivity contribution in [3.05, 3.63) is 35.7 Å². The van der Waals surface area contributed by atoms with Crippen LogP contribution in [-0.4, -0.2) is 44.4 Å². The van der Waals surface area contributed by atoms with E-state index >= 15 is 0 Å². The molecule has 0 N–H and O–H groups in total. The van der Waals surface area contributed by atoms with Crippen molar-refractivity contribution < 1.29 is 9.53 Å². The summed E-state index contributed by atoms with van der Waals surface area (Å²) in [5.74, 6) is 2.73. The molecule has 2 aromatic rings. The van der Waals surface area contributed by atoms with Crippen LogP contribution in [0, 0.1) is 12.8 Å². The summed E-state index contributed by atoms with van der Waals surface area (Å²) in [6, 6.07) is 7.92. The van der Waals surface area contributed by atoms with Gasteiger partial charge in [-0.3, -0.25) is 4.79 Å². The second-order valence-corrected chi connectivity index (χ2v) is 7.88. The minimum absolute atomic E-state index is 0.182. The molecule has 1 unspecified atom stereocenters. The molecule has 0 bridgehead atoms. The monoisotopic (exact) mass is 374 g/mol. The molecule has 1 aromatic carbocycles. The Kier molecular flexibility index (Phi) is 6.19. The summed E-state index contributed by atoms with van der Waals surface area (Å²) >= 11 is 1.44. The average molecular weight is 375 g/mol. The van der Waals surface area contributed by atoms with Crippen LogP contribution >= 0.6 is 11.8 Å². The van der Waals surface area contributed by atoms with Gasteiger partial charge in [-0.25, -0.2) is 0 Å². The molecule has 1 aromatic heterocycles. The minimum Gasteiger partial charge on any atom is -0.486 e. The predicted molar refractivity (Wildman–Crippen MR) is 102 cm³/mol. The lowest BCUT2D eigenvalue weighted by molar-refractivity contribution is -0.130. The molecular weight excluding hydrogens is 348 g/mol. The molecule has 1 saturated heterocycles. The van der Waals surface area contributed by atoms with E-state index in [1.165, 1.54) is 23.7 Å². The highest BCUT2D eigenvalue weighted by molar-refractivity contribution is 7.99. The molecule has 26 heavy (non-hydrogen) atoms. The number of nitrogens with zero attached hydrogens (tertiary/aromatic N) is 4. The Morgan fingerprint density at radius 3 is 2.81 bits per heavy atom. The zero-order valence-electron chi connectivity index (χ0n) is 15.6. The fraction of sp³-hybridized carbons (Fsp3) is 0.526. The van der Waals surface area contributed by atoms with Crippen LogP contribution in [0.25, 0.3) is 0 Å². The molecule has 3 rings (SSSR count). The second kappa shape index (κ2) is 8.58. The number of benzene rings is 1. The molecule has 0 radical (unpaired) electrons. The Morgan fingerprint density at radius 2 is 2.08 bits per heavy atom. The Labute approximate surface area is 158 Å². The van der Waals surface area contributed by atoms with Gasteiger partial charge in [0.15, 0.2) is 11.0 Å². The van der Waals surface area contributed by atoms with Crippen molar-refractivity contribution in [1.29, 1.82) is 0 Å². The van der Waals surface area contributed by atoms with Gasteiger partial charge >= 0.3 is 0 Å². The number of piperidine rings is 1. The zero-order chi connectivity index (χ0) is 18.5. The number of hydrogen-bond donors (Lipinski definition) is 0. The maximum absolute atomic E-state index is 12.4. The Morgan fingerprint density at radius 1 is 1.31 bits per heavy atom. The molecule has 7 heteroatoms. The topological polar surface area (TPSA) is 60.3 Å². The second-order valence-electron chi connectivity index (χ2n) is 6.94. The van der Waals surface area contributed by atoms with E-state index < -0.39 is 0 Å². The molecular formula is C19H26N4O2S. The van der Waals surface area contributed by atoms with Gasteiger partial charge in [0.1, 0.15) is 12.4 Å². The lowest BCUT2D eigenvalue weighted by Crippen LogP contribution is -2.40. The highest BCUT2D eigenvalue weighted by Gasteiger charge is 2.21. The van der Waals surface area contributed by atoms with Gasteiger partial charge in [0, 0.05) is 20.1 Å². The maximum atomic E-state index is 12.4. The summed E-state index contributed by atoms with van der Waals surface area (Å²) in [6.45, 7) is 6.34. The molecule has 140 valence electrons. The van der Waals surface area contributed by atoms with Crippen molar-refractivity contribution in [1.82, 2.24) is 19.7 Å². The van der Waals surface area contributed by atoms with Gasteiger partial charge < -0.3 is 14.2 Å². The van der Waals surface area contributed by atoms with Crippen molar-refractivity contribution in [3.63, 3.8) is 0 Å². The molecule has 1 fully saturated rings. The smallest absolute Gasteiger partial charge is 0.233 e. The summed E-state index contributed by atoms with van der Waals surface area (Å²) in [7, 11) is 1.91. The van der Waals surface area contributed by atoms with Crippen molar-refractivity contribution in [2.24, 2.45) is 13.0 Å². The molecule has 6 nitrogen and oxygen atoms in total. The Bertz CT molecular complexity index is 744. The number of carbonyl (C=O) groups excluding carboxylic acids is 1. The Hall–Kier alpha value is -2.02. The number of aryl methyl sites for hydroxylation is 1. The van der Waals surface area contributed by atoms with Crippen molar-refractivity contribution in [2.45, 2.75) is 38.5 Å². The molecule has 2 heterocycles. The van der Waals surface area contributed by atoms with Crippen LogP contribution in [0.4, 0.5) is 0 Å². The largest absolute Gasteiger partial charge is 0.486 e. The average Bonchev–Trinajstić information content (AvgIpc) is 2.99. The summed E-state index contributed by atoms with van der Waals surface area (Å²) in [6.07, 6.45) is 2.31. The van der Waals surface area contributed by atoms with Gasteiger partial charge in [0.05, 0.1) is 5.75 Å². The van der Waals surface area contributed by atoms with E-state index in [4.69, 9.17) is 4.74 Å². The van der Waals surface area contributed by atoms with Gasteiger partial charge in [0.2, 0.25) is 5.91 Å². The number of ether oxygens (including phenoxy) is 1. The normalized spacial score (nSPS) is 17.3. The number of carbonyl (C=O) groups is 1. The van der Waals surface area contributed by atoms with E-state index in [2.05, 4.69) is 17.1 Å². The lowest BCUT2D eigenvalue weighted by Gasteiger charge is -2.30. The van der Waals surface area contributed by atoms with Crippen LogP contribution in [0.5, 0.6) is 5.75 Å². The first-order valence-corrected chi connectivity index (χ1v) is 10.00. The molecule has 1 aliphatic heterocycles. The molecule has 1 atom stereocenters. The fourth-order valence-electron chi connectivity index (χ4n) is 3.01. The first-order chi connectivity index (χ1) is 12.5. The van der Waals surface area contributed by atoms with E-state index in [1.54, 1.807) is 0 Å². The van der Waals surface area contributed by atoms with Crippen LogP contribution in [0.15, 0.2) is 29.4 Å². The van der Waals surface area contributed by atoms with Crippen LogP contribution < -0.4 is 4.74 Å². The number of amides is 1. The summed E-state index contributed by atoms with van der Waals surface area (Å²) < 4.78 is 7.66. The summed E-state index contributed by atoms with van der Waals surface area (Å²) in [5, 5.41) is 9.13. The molecule has 1 amide bonds. The standard InChI is InChI=1S/C19H26N4O2S/c1-14-6-8-16(9-7-14)25-12-17-20-21-19(22(17)3)26-13-18(24)23-10-4-5-15(2)11-23/h6-9,15H,4-5,10-13H2,1-3H3. The predicted octanol–water partition coefficient (Wildman–Crippen LogP) is 3.05. The Balaban J connectivity index is 1.51. The number of thioether (sulfide) groups is 1. The highest BCUT2D eigenvalue weighted by atomic mass is 32.2. The van der Waals surface area contributed by atoms with E-state index in [0.29, 0.717) is 18.3 Å². The number of hydrogen-bond acceptors (Lipinski definition) is 5. The van der Waals surface area contributed by atoms with Crippen molar-refractivity contribution >= 4 is 17.7 Å². The number of aromatic nitrogens is 3. The van der Waals surface area contributed by atoms with Gasteiger partial charge in [-0.05, 0) is 37.8 Å². The van der Waals surface area contributed by atoms with Crippen LogP contribution in [0.1, 0.15) is 31.2 Å². The van der Waals surface area contributed by atoms with E-state index in [-0.39, 0.29) is 5.91 Å². The van der Waals surface area contributed by atoms with E-state index in [1.807, 2.05) is 47.7 Å². The first-order valence-electron chi connectivity index (χ1n) is 9.01. The number of rotatable bonds is 6. The SMILES string of the molecule is Cc1ccc(OCc2nnc(SCC(=O)N3CCCC(C)C3)n2C)cc1. The van der Waals surface area contributed by atoms with Gasteiger partial charge in [-0.2, -0.15) is 0 Å². The van der Waals surface area contributed by atoms with Crippen LogP contribution in [0.2, 0.25) is 0 Å². The molecule has 0 aliphatic carbocycles. The molecule has 0 saturated carbocycles. The third-order valence-electron chi connectivity index (χ3n) is 4.65. The summed E-state index contributed by atoms with van der Waals surface area (Å²) in [5.41, 5.74) is 1.20. The van der Waals surface area contributed by atoms with Gasteiger partial charge in [-0.1, -0.05) is 36.4 Å². The third kappa shape index (κ3) is 4.78. The summed E-state index contributed by atoms with van der Waals surface area (Å²) in [4.78, 5) is 14.4. The van der Waals surface area contributed by atoms with E-state index in [0.717, 1.165) is 36.2 Å². The van der Waals surface area contributed by atoms with Crippen LogP contribution in [0.3, 0.4) is 0 Å². The van der Waals surface area contributed by atoms with Crippen LogP contribution in [-0.2, 0) is 18.4 Å². The number of likely N-dealkylation sites (tertiary alicyclic amines) is 1. The highest BCUT2D eigenvalue weighted by Crippen LogP contribution is 2.20. The van der Waals surface area contributed by atoms with Gasteiger partial charge in [-0.15, -0.1) is 10.2 Å². The third-order valence-corrected chi connectivity index (χ3v) is 5.65. The zero-order valence-corrected chi connectivity index (χ0v) is 16.5. The van der Waals surface area contributed by atoms with E-state index in [9.17, 15) is 4.79 Å². The first kappa shape index (κ1) is 18.8. The fourth-order valence-corrected chi connectivity index (χ4v) is 3.85. The molecule has 0 spiro atoms. The molecule has 1 aliphatic rings. The minimum atomic E-state index is 0.182. The van der Waals surface area contributed by atoms with Crippen molar-refractivity contribution in [2.75, 3.05) is 18.8 Å².